The number of carbonyl (C=O) groups excluding carboxylic acids is 2. The molecule has 0 atom stereocenters. The van der Waals surface area contributed by atoms with Gasteiger partial charge in [-0.2, -0.15) is 0 Å². The Labute approximate surface area is 184 Å². The summed E-state index contributed by atoms with van der Waals surface area (Å²) in [5, 5.41) is 3.83. The van der Waals surface area contributed by atoms with E-state index >= 15 is 0 Å². The van der Waals surface area contributed by atoms with Crippen LogP contribution in [-0.2, 0) is 0 Å². The van der Waals surface area contributed by atoms with Crippen molar-refractivity contribution in [2.75, 3.05) is 31.5 Å². The van der Waals surface area contributed by atoms with Crippen molar-refractivity contribution in [3.8, 4) is 11.3 Å². The van der Waals surface area contributed by atoms with E-state index < -0.39 is 6.03 Å². The van der Waals surface area contributed by atoms with Gasteiger partial charge in [-0.05, 0) is 42.5 Å². The van der Waals surface area contributed by atoms with Crippen LogP contribution in [0, 0.1) is 0 Å². The maximum Gasteiger partial charge on any atom is 0.314 e. The number of urea groups is 1. The van der Waals surface area contributed by atoms with Gasteiger partial charge in [-0.3, -0.25) is 4.79 Å². The van der Waals surface area contributed by atoms with Crippen LogP contribution in [-0.4, -0.2) is 57.9 Å². The fourth-order valence-electron chi connectivity index (χ4n) is 3.34. The van der Waals surface area contributed by atoms with Gasteiger partial charge in [-0.25, -0.2) is 14.8 Å². The number of nitrogens with one attached hydrogen (secondary N) is 1. The fraction of sp³-hybridized carbons (Fsp3) is 0.182. The molecule has 3 N–H and O–H groups in total. The summed E-state index contributed by atoms with van der Waals surface area (Å²) in [5.74, 6) is 0.380. The molecule has 0 saturated carbocycles. The van der Waals surface area contributed by atoms with E-state index in [-0.39, 0.29) is 5.91 Å². The minimum absolute atomic E-state index is 0.0725. The number of rotatable bonds is 4. The van der Waals surface area contributed by atoms with Gasteiger partial charge in [0.15, 0.2) is 0 Å². The Morgan fingerprint density at radius 1 is 0.903 bits per heavy atom. The molecule has 9 heteroatoms. The van der Waals surface area contributed by atoms with Gasteiger partial charge in [-0.1, -0.05) is 23.7 Å². The number of piperazine rings is 1. The first kappa shape index (κ1) is 20.6. The highest BCUT2D eigenvalue weighted by molar-refractivity contribution is 6.30. The van der Waals surface area contributed by atoms with Crippen molar-refractivity contribution < 1.29 is 9.59 Å². The van der Waals surface area contributed by atoms with Crippen molar-refractivity contribution in [2.24, 2.45) is 5.73 Å². The third-order valence-corrected chi connectivity index (χ3v) is 5.31. The van der Waals surface area contributed by atoms with Crippen LogP contribution in [0.15, 0.2) is 60.8 Å². The first-order valence-corrected chi connectivity index (χ1v) is 10.2. The van der Waals surface area contributed by atoms with E-state index in [4.69, 9.17) is 17.3 Å². The maximum atomic E-state index is 12.7. The number of hydrogen-bond acceptors (Lipinski definition) is 5. The molecular weight excluding hydrogens is 416 g/mol. The molecule has 3 aromatic rings. The zero-order valence-corrected chi connectivity index (χ0v) is 17.4. The summed E-state index contributed by atoms with van der Waals surface area (Å²) < 4.78 is 0. The van der Waals surface area contributed by atoms with E-state index in [1.807, 2.05) is 42.5 Å². The molecule has 4 rings (SSSR count). The van der Waals surface area contributed by atoms with E-state index in [1.165, 1.54) is 4.90 Å². The van der Waals surface area contributed by atoms with Gasteiger partial charge in [0.25, 0.3) is 5.91 Å². The number of hydrogen-bond donors (Lipinski definition) is 2. The zero-order valence-electron chi connectivity index (χ0n) is 16.7. The first-order valence-electron chi connectivity index (χ1n) is 9.79. The Morgan fingerprint density at radius 3 is 2.19 bits per heavy atom. The van der Waals surface area contributed by atoms with Gasteiger partial charge in [0.1, 0.15) is 0 Å². The number of halogens is 1. The number of primary amides is 1. The lowest BCUT2D eigenvalue weighted by molar-refractivity contribution is 0.0669. The number of aromatic nitrogens is 2. The summed E-state index contributed by atoms with van der Waals surface area (Å²) in [6.07, 6.45) is 1.68. The first-order chi connectivity index (χ1) is 15.0. The second kappa shape index (κ2) is 9.01. The minimum atomic E-state index is -0.454. The summed E-state index contributed by atoms with van der Waals surface area (Å²) in [6, 6.07) is 15.9. The standard InChI is InChI=1S/C22H21ClN6O2/c23-17-5-1-15(2-6-17)19-9-10-25-22(27-19)26-18-7-3-16(4-8-18)20(30)28-11-13-29(14-12-28)21(24)31/h1-10H,11-14H2,(H2,24,31)(H,25,26,27). The molecule has 158 valence electrons. The highest BCUT2D eigenvalue weighted by atomic mass is 35.5. The third-order valence-electron chi connectivity index (χ3n) is 5.06. The van der Waals surface area contributed by atoms with Crippen molar-refractivity contribution in [1.82, 2.24) is 19.8 Å². The highest BCUT2D eigenvalue weighted by Gasteiger charge is 2.23. The molecule has 1 aromatic heterocycles. The lowest BCUT2D eigenvalue weighted by Crippen LogP contribution is -2.52. The van der Waals surface area contributed by atoms with Crippen LogP contribution in [0.2, 0.25) is 5.02 Å². The molecule has 0 bridgehead atoms. The number of nitrogens with two attached hydrogens (primary N) is 1. The van der Waals surface area contributed by atoms with Gasteiger partial charge < -0.3 is 20.9 Å². The maximum absolute atomic E-state index is 12.7. The van der Waals surface area contributed by atoms with Crippen LogP contribution in [0.5, 0.6) is 0 Å². The van der Waals surface area contributed by atoms with Crippen LogP contribution in [0.25, 0.3) is 11.3 Å². The van der Waals surface area contributed by atoms with Gasteiger partial charge in [0.2, 0.25) is 5.95 Å². The number of benzene rings is 2. The Morgan fingerprint density at radius 2 is 1.55 bits per heavy atom. The molecular formula is C22H21ClN6O2. The molecule has 0 radical (unpaired) electrons. The predicted molar refractivity (Wildman–Crippen MR) is 119 cm³/mol. The molecule has 2 aromatic carbocycles. The summed E-state index contributed by atoms with van der Waals surface area (Å²) in [7, 11) is 0. The average Bonchev–Trinajstić information content (AvgIpc) is 2.80. The number of carbonyl (C=O) groups is 2. The lowest BCUT2D eigenvalue weighted by atomic mass is 10.1. The summed E-state index contributed by atoms with van der Waals surface area (Å²) >= 11 is 5.95. The van der Waals surface area contributed by atoms with Crippen LogP contribution in [0.3, 0.4) is 0 Å². The van der Waals surface area contributed by atoms with E-state index in [1.54, 1.807) is 23.2 Å². The molecule has 2 heterocycles. The van der Waals surface area contributed by atoms with Crippen LogP contribution < -0.4 is 11.1 Å². The van der Waals surface area contributed by atoms with Crippen LogP contribution in [0.1, 0.15) is 10.4 Å². The number of anilines is 2. The van der Waals surface area contributed by atoms with Gasteiger partial charge in [-0.15, -0.1) is 0 Å². The Bertz CT molecular complexity index is 1080. The molecule has 8 nitrogen and oxygen atoms in total. The Kier molecular flexibility index (Phi) is 5.99. The van der Waals surface area contributed by atoms with Crippen molar-refractivity contribution >= 4 is 35.2 Å². The smallest absolute Gasteiger partial charge is 0.314 e. The molecule has 1 fully saturated rings. The summed E-state index contributed by atoms with van der Waals surface area (Å²) in [4.78, 5) is 36.0. The second-order valence-corrected chi connectivity index (χ2v) is 7.53. The lowest BCUT2D eigenvalue weighted by Gasteiger charge is -2.33. The topological polar surface area (TPSA) is 104 Å². The molecule has 3 amide bonds. The van der Waals surface area contributed by atoms with E-state index in [2.05, 4.69) is 15.3 Å². The molecule has 1 aliphatic rings. The third kappa shape index (κ3) is 4.92. The van der Waals surface area contributed by atoms with E-state index in [9.17, 15) is 9.59 Å². The number of nitrogens with zero attached hydrogens (tertiary/aromatic N) is 4. The van der Waals surface area contributed by atoms with Gasteiger partial charge in [0, 0.05) is 54.2 Å². The van der Waals surface area contributed by atoms with Gasteiger partial charge in [0.05, 0.1) is 5.69 Å². The van der Waals surface area contributed by atoms with E-state index in [0.29, 0.717) is 42.7 Å². The molecule has 1 saturated heterocycles. The molecule has 1 aliphatic heterocycles. The molecule has 0 unspecified atom stereocenters. The molecule has 31 heavy (non-hydrogen) atoms. The average molecular weight is 437 g/mol. The highest BCUT2D eigenvalue weighted by Crippen LogP contribution is 2.22. The Hall–Kier alpha value is -3.65. The summed E-state index contributed by atoms with van der Waals surface area (Å²) in [6.45, 7) is 1.82. The second-order valence-electron chi connectivity index (χ2n) is 7.09. The van der Waals surface area contributed by atoms with E-state index in [0.717, 1.165) is 16.9 Å². The van der Waals surface area contributed by atoms with Crippen molar-refractivity contribution in [3.05, 3.63) is 71.4 Å². The van der Waals surface area contributed by atoms with Crippen molar-refractivity contribution in [1.29, 1.82) is 0 Å². The summed E-state index contributed by atoms with van der Waals surface area (Å²) in [5.41, 5.74) is 8.35. The molecule has 0 aliphatic carbocycles. The van der Waals surface area contributed by atoms with Crippen molar-refractivity contribution in [2.45, 2.75) is 0 Å². The normalized spacial score (nSPS) is 13.7. The fourth-order valence-corrected chi connectivity index (χ4v) is 3.46. The van der Waals surface area contributed by atoms with Crippen LogP contribution in [0.4, 0.5) is 16.4 Å². The quantitative estimate of drug-likeness (QED) is 0.652. The molecule has 0 spiro atoms. The van der Waals surface area contributed by atoms with Crippen LogP contribution >= 0.6 is 11.6 Å². The predicted octanol–water partition coefficient (Wildman–Crippen LogP) is 3.38. The van der Waals surface area contributed by atoms with Gasteiger partial charge >= 0.3 is 6.03 Å². The largest absolute Gasteiger partial charge is 0.351 e. The zero-order chi connectivity index (χ0) is 21.8. The number of amides is 3. The minimum Gasteiger partial charge on any atom is -0.351 e. The SMILES string of the molecule is NC(=O)N1CCN(C(=O)c2ccc(Nc3nccc(-c4ccc(Cl)cc4)n3)cc2)CC1. The monoisotopic (exact) mass is 436 g/mol. The van der Waals surface area contributed by atoms with Crippen molar-refractivity contribution in [3.63, 3.8) is 0 Å². The Balaban J connectivity index is 1.41.